The van der Waals surface area contributed by atoms with Crippen LogP contribution in [0.3, 0.4) is 0 Å². The van der Waals surface area contributed by atoms with Crippen molar-refractivity contribution in [3.63, 3.8) is 0 Å². The van der Waals surface area contributed by atoms with E-state index in [9.17, 15) is 4.79 Å². The summed E-state index contributed by atoms with van der Waals surface area (Å²) < 4.78 is 7.16. The average Bonchev–Trinajstić information content (AvgIpc) is 3.06. The highest BCUT2D eigenvalue weighted by molar-refractivity contribution is 5.90. The molecule has 0 aliphatic rings. The molecule has 1 amide bonds. The normalized spacial score (nSPS) is 10.4. The number of hydrogen-bond donors (Lipinski definition) is 1. The summed E-state index contributed by atoms with van der Waals surface area (Å²) in [6, 6.07) is 9.31. The predicted molar refractivity (Wildman–Crippen MR) is 88.9 cm³/mol. The highest BCUT2D eigenvalue weighted by Crippen LogP contribution is 2.22. The predicted octanol–water partition coefficient (Wildman–Crippen LogP) is 2.72. The Hall–Kier alpha value is -3.22. The van der Waals surface area contributed by atoms with E-state index in [2.05, 4.69) is 20.6 Å². The van der Waals surface area contributed by atoms with Crippen LogP contribution >= 0.6 is 0 Å². The fourth-order valence-electron chi connectivity index (χ4n) is 2.08. The maximum atomic E-state index is 11.9. The van der Waals surface area contributed by atoms with Gasteiger partial charge in [-0.1, -0.05) is 11.3 Å². The Morgan fingerprint density at radius 1 is 1.21 bits per heavy atom. The van der Waals surface area contributed by atoms with E-state index in [1.807, 2.05) is 32.0 Å². The zero-order chi connectivity index (χ0) is 16.9. The molecule has 0 bridgehead atoms. The number of pyridine rings is 1. The van der Waals surface area contributed by atoms with Gasteiger partial charge >= 0.3 is 0 Å². The summed E-state index contributed by atoms with van der Waals surface area (Å²) in [5, 5.41) is 10.1. The summed E-state index contributed by atoms with van der Waals surface area (Å²) in [5.74, 6) is 0.992. The van der Waals surface area contributed by atoms with Crippen molar-refractivity contribution in [1.29, 1.82) is 0 Å². The number of carbonyl (C=O) groups is 1. The van der Waals surface area contributed by atoms with Crippen LogP contribution in [0.2, 0.25) is 0 Å². The minimum absolute atomic E-state index is 0.0981. The number of aryl methyl sites for hydroxylation is 2. The summed E-state index contributed by atoms with van der Waals surface area (Å²) in [4.78, 5) is 16.1. The Kier molecular flexibility index (Phi) is 4.51. The van der Waals surface area contributed by atoms with Gasteiger partial charge in [-0.05, 0) is 43.2 Å². The highest BCUT2D eigenvalue weighted by atomic mass is 16.5. The van der Waals surface area contributed by atoms with Crippen LogP contribution in [0, 0.1) is 13.8 Å². The van der Waals surface area contributed by atoms with Gasteiger partial charge in [0.25, 0.3) is 0 Å². The molecule has 122 valence electrons. The first kappa shape index (κ1) is 15.7. The maximum Gasteiger partial charge on any atom is 0.246 e. The number of benzene rings is 1. The molecule has 0 radical (unpaired) electrons. The Balaban J connectivity index is 1.60. The number of rotatable bonds is 5. The minimum Gasteiger partial charge on any atom is -0.439 e. The molecule has 0 unspecified atom stereocenters. The molecule has 2 heterocycles. The molecule has 7 heteroatoms. The van der Waals surface area contributed by atoms with E-state index in [0.29, 0.717) is 11.6 Å². The van der Waals surface area contributed by atoms with Crippen LogP contribution in [0.25, 0.3) is 0 Å². The topological polar surface area (TPSA) is 81.9 Å². The van der Waals surface area contributed by atoms with Crippen LogP contribution in [-0.4, -0.2) is 25.9 Å². The zero-order valence-electron chi connectivity index (χ0n) is 13.4. The van der Waals surface area contributed by atoms with E-state index in [-0.39, 0.29) is 12.5 Å². The SMILES string of the molecule is Cc1ccc(Oc2ccc(NC(=O)Cn3ccnn3)cn2)cc1C. The van der Waals surface area contributed by atoms with E-state index in [1.54, 1.807) is 24.5 Å². The second-order valence-electron chi connectivity index (χ2n) is 5.38. The Morgan fingerprint density at radius 3 is 2.75 bits per heavy atom. The van der Waals surface area contributed by atoms with Gasteiger partial charge in [-0.15, -0.1) is 5.10 Å². The van der Waals surface area contributed by atoms with Crippen LogP contribution in [0.15, 0.2) is 48.9 Å². The van der Waals surface area contributed by atoms with Crippen molar-refractivity contribution >= 4 is 11.6 Å². The van der Waals surface area contributed by atoms with Crippen molar-refractivity contribution in [1.82, 2.24) is 20.0 Å². The molecule has 3 rings (SSSR count). The number of ether oxygens (including phenoxy) is 1. The number of carbonyl (C=O) groups excluding carboxylic acids is 1. The third-order valence-electron chi connectivity index (χ3n) is 3.50. The Morgan fingerprint density at radius 2 is 2.08 bits per heavy atom. The second kappa shape index (κ2) is 6.91. The molecule has 24 heavy (non-hydrogen) atoms. The number of nitrogens with zero attached hydrogens (tertiary/aromatic N) is 4. The lowest BCUT2D eigenvalue weighted by atomic mass is 10.1. The van der Waals surface area contributed by atoms with Crippen LogP contribution in [-0.2, 0) is 11.3 Å². The maximum absolute atomic E-state index is 11.9. The van der Waals surface area contributed by atoms with Crippen LogP contribution in [0.5, 0.6) is 11.6 Å². The third kappa shape index (κ3) is 3.95. The van der Waals surface area contributed by atoms with Gasteiger partial charge in [0, 0.05) is 12.3 Å². The van der Waals surface area contributed by atoms with Crippen molar-refractivity contribution < 1.29 is 9.53 Å². The van der Waals surface area contributed by atoms with Crippen molar-refractivity contribution in [3.05, 3.63) is 60.0 Å². The van der Waals surface area contributed by atoms with Gasteiger partial charge in [0.15, 0.2) is 0 Å². The number of aromatic nitrogens is 4. The van der Waals surface area contributed by atoms with Gasteiger partial charge in [0.05, 0.1) is 18.1 Å². The van der Waals surface area contributed by atoms with Gasteiger partial charge in [-0.25, -0.2) is 9.67 Å². The highest BCUT2D eigenvalue weighted by Gasteiger charge is 2.06. The molecule has 3 aromatic rings. The summed E-state index contributed by atoms with van der Waals surface area (Å²) in [6.07, 6.45) is 4.70. The van der Waals surface area contributed by atoms with Crippen molar-refractivity contribution in [3.8, 4) is 11.6 Å². The lowest BCUT2D eigenvalue weighted by Crippen LogP contribution is -2.19. The number of amides is 1. The number of hydrogen-bond acceptors (Lipinski definition) is 5. The summed E-state index contributed by atoms with van der Waals surface area (Å²) in [6.45, 7) is 4.18. The molecular weight excluding hydrogens is 306 g/mol. The molecular formula is C17H17N5O2. The van der Waals surface area contributed by atoms with E-state index >= 15 is 0 Å². The van der Waals surface area contributed by atoms with Gasteiger partial charge < -0.3 is 10.1 Å². The Labute approximate surface area is 139 Å². The molecule has 0 saturated carbocycles. The lowest BCUT2D eigenvalue weighted by molar-refractivity contribution is -0.116. The monoisotopic (exact) mass is 323 g/mol. The van der Waals surface area contributed by atoms with E-state index in [0.717, 1.165) is 11.3 Å². The molecule has 0 aliphatic carbocycles. The van der Waals surface area contributed by atoms with E-state index < -0.39 is 0 Å². The van der Waals surface area contributed by atoms with Crippen LogP contribution in [0.1, 0.15) is 11.1 Å². The van der Waals surface area contributed by atoms with Crippen molar-refractivity contribution in [2.75, 3.05) is 5.32 Å². The fraction of sp³-hybridized carbons (Fsp3) is 0.176. The van der Waals surface area contributed by atoms with E-state index in [1.165, 1.54) is 16.4 Å². The van der Waals surface area contributed by atoms with Gasteiger partial charge in [0.1, 0.15) is 12.3 Å². The van der Waals surface area contributed by atoms with Crippen molar-refractivity contribution in [2.45, 2.75) is 20.4 Å². The lowest BCUT2D eigenvalue weighted by Gasteiger charge is -2.08. The molecule has 1 N–H and O–H groups in total. The molecule has 0 atom stereocenters. The largest absolute Gasteiger partial charge is 0.439 e. The third-order valence-corrected chi connectivity index (χ3v) is 3.50. The molecule has 0 fully saturated rings. The zero-order valence-corrected chi connectivity index (χ0v) is 13.4. The smallest absolute Gasteiger partial charge is 0.246 e. The summed E-state index contributed by atoms with van der Waals surface area (Å²) >= 11 is 0. The van der Waals surface area contributed by atoms with Crippen molar-refractivity contribution in [2.24, 2.45) is 0 Å². The fourth-order valence-corrected chi connectivity index (χ4v) is 2.08. The van der Waals surface area contributed by atoms with Gasteiger partial charge in [-0.2, -0.15) is 0 Å². The Bertz CT molecular complexity index is 829. The molecule has 0 spiro atoms. The number of nitrogens with one attached hydrogen (secondary N) is 1. The summed E-state index contributed by atoms with van der Waals surface area (Å²) in [7, 11) is 0. The second-order valence-corrected chi connectivity index (χ2v) is 5.38. The molecule has 0 aliphatic heterocycles. The molecule has 1 aromatic carbocycles. The molecule has 7 nitrogen and oxygen atoms in total. The average molecular weight is 323 g/mol. The first-order valence-corrected chi connectivity index (χ1v) is 7.45. The first-order valence-electron chi connectivity index (χ1n) is 7.45. The first-order chi connectivity index (χ1) is 11.6. The standard InChI is InChI=1S/C17H17N5O2/c1-12-3-5-15(9-13(12)2)24-17-6-4-14(10-18-17)20-16(23)11-22-8-7-19-21-22/h3-10H,11H2,1-2H3,(H,20,23). The van der Waals surface area contributed by atoms with Crippen LogP contribution < -0.4 is 10.1 Å². The minimum atomic E-state index is -0.204. The van der Waals surface area contributed by atoms with Gasteiger partial charge in [-0.3, -0.25) is 4.79 Å². The van der Waals surface area contributed by atoms with Crippen LogP contribution in [0.4, 0.5) is 5.69 Å². The molecule has 0 saturated heterocycles. The molecule has 2 aromatic heterocycles. The quantitative estimate of drug-likeness (QED) is 0.780. The summed E-state index contributed by atoms with van der Waals surface area (Å²) in [5.41, 5.74) is 2.96. The van der Waals surface area contributed by atoms with Gasteiger partial charge in [0.2, 0.25) is 11.8 Å². The number of anilines is 1. The van der Waals surface area contributed by atoms with E-state index in [4.69, 9.17) is 4.74 Å².